The standard InChI is InChI=1S/C14H12Br2N2O/c15-10-5-6-12(16)11(7-10)14(19)18-13-4-2-1-3-9(13)8-17/h1-7H,8,17H2,(H,18,19). The highest BCUT2D eigenvalue weighted by Crippen LogP contribution is 2.23. The lowest BCUT2D eigenvalue weighted by molar-refractivity contribution is 0.102. The van der Waals surface area contributed by atoms with Crippen molar-refractivity contribution in [3.63, 3.8) is 0 Å². The smallest absolute Gasteiger partial charge is 0.256 e. The topological polar surface area (TPSA) is 55.1 Å². The minimum atomic E-state index is -0.172. The normalized spacial score (nSPS) is 10.3. The van der Waals surface area contributed by atoms with Gasteiger partial charge in [0.25, 0.3) is 5.91 Å². The Hall–Kier alpha value is -1.17. The molecule has 2 rings (SSSR count). The fraction of sp³-hybridized carbons (Fsp3) is 0.0714. The summed E-state index contributed by atoms with van der Waals surface area (Å²) >= 11 is 6.73. The first-order chi connectivity index (χ1) is 9.11. The SMILES string of the molecule is NCc1ccccc1NC(=O)c1cc(Br)ccc1Br. The summed E-state index contributed by atoms with van der Waals surface area (Å²) in [6, 6.07) is 13.0. The fourth-order valence-electron chi connectivity index (χ4n) is 1.68. The van der Waals surface area contributed by atoms with E-state index in [9.17, 15) is 4.79 Å². The number of hydrogen-bond donors (Lipinski definition) is 2. The minimum Gasteiger partial charge on any atom is -0.326 e. The first-order valence-electron chi connectivity index (χ1n) is 5.66. The molecule has 98 valence electrons. The van der Waals surface area contributed by atoms with Gasteiger partial charge >= 0.3 is 0 Å². The molecule has 0 atom stereocenters. The number of amides is 1. The molecule has 1 amide bonds. The number of nitrogens with two attached hydrogens (primary N) is 1. The van der Waals surface area contributed by atoms with Gasteiger partial charge < -0.3 is 11.1 Å². The van der Waals surface area contributed by atoms with Crippen molar-refractivity contribution < 1.29 is 4.79 Å². The molecule has 0 aliphatic carbocycles. The molecule has 5 heteroatoms. The van der Waals surface area contributed by atoms with Crippen molar-refractivity contribution in [2.75, 3.05) is 5.32 Å². The van der Waals surface area contributed by atoms with Crippen LogP contribution in [0.3, 0.4) is 0 Å². The molecule has 0 radical (unpaired) electrons. The summed E-state index contributed by atoms with van der Waals surface area (Å²) in [5, 5.41) is 2.88. The summed E-state index contributed by atoms with van der Waals surface area (Å²) in [7, 11) is 0. The third-order valence-corrected chi connectivity index (χ3v) is 3.84. The van der Waals surface area contributed by atoms with Crippen LogP contribution in [0.15, 0.2) is 51.4 Å². The number of carbonyl (C=O) groups excluding carboxylic acids is 1. The second-order valence-electron chi connectivity index (χ2n) is 3.94. The number of anilines is 1. The van der Waals surface area contributed by atoms with E-state index >= 15 is 0 Å². The number of carbonyl (C=O) groups is 1. The third-order valence-electron chi connectivity index (χ3n) is 2.66. The van der Waals surface area contributed by atoms with E-state index < -0.39 is 0 Å². The molecule has 19 heavy (non-hydrogen) atoms. The quantitative estimate of drug-likeness (QED) is 0.843. The van der Waals surface area contributed by atoms with Crippen LogP contribution in [0.1, 0.15) is 15.9 Å². The third kappa shape index (κ3) is 3.43. The van der Waals surface area contributed by atoms with Crippen molar-refractivity contribution in [3.05, 3.63) is 62.5 Å². The highest BCUT2D eigenvalue weighted by Gasteiger charge is 2.12. The summed E-state index contributed by atoms with van der Waals surface area (Å²) in [6.45, 7) is 0.385. The average molecular weight is 384 g/mol. The predicted octanol–water partition coefficient (Wildman–Crippen LogP) is 3.92. The number of para-hydroxylation sites is 1. The molecule has 3 nitrogen and oxygen atoms in total. The Balaban J connectivity index is 2.28. The van der Waals surface area contributed by atoms with Gasteiger partial charge in [-0.05, 0) is 45.8 Å². The van der Waals surface area contributed by atoms with Crippen LogP contribution in [0.2, 0.25) is 0 Å². The van der Waals surface area contributed by atoms with E-state index in [1.54, 1.807) is 6.07 Å². The molecule has 0 spiro atoms. The summed E-state index contributed by atoms with van der Waals surface area (Å²) < 4.78 is 1.60. The van der Waals surface area contributed by atoms with E-state index in [0.29, 0.717) is 12.1 Å². The molecular weight excluding hydrogens is 372 g/mol. The zero-order valence-electron chi connectivity index (χ0n) is 9.99. The van der Waals surface area contributed by atoms with Crippen LogP contribution >= 0.6 is 31.9 Å². The van der Waals surface area contributed by atoms with Gasteiger partial charge in [-0.15, -0.1) is 0 Å². The maximum absolute atomic E-state index is 12.3. The first-order valence-corrected chi connectivity index (χ1v) is 7.25. The predicted molar refractivity (Wildman–Crippen MR) is 84.1 cm³/mol. The van der Waals surface area contributed by atoms with Crippen LogP contribution in [-0.4, -0.2) is 5.91 Å². The van der Waals surface area contributed by atoms with Gasteiger partial charge in [-0.25, -0.2) is 0 Å². The Morgan fingerprint density at radius 3 is 2.63 bits per heavy atom. The highest BCUT2D eigenvalue weighted by molar-refractivity contribution is 9.11. The summed E-state index contributed by atoms with van der Waals surface area (Å²) in [5.41, 5.74) is 7.86. The van der Waals surface area contributed by atoms with Crippen LogP contribution in [-0.2, 0) is 6.54 Å². The van der Waals surface area contributed by atoms with Gasteiger partial charge in [0.05, 0.1) is 5.56 Å². The van der Waals surface area contributed by atoms with E-state index in [2.05, 4.69) is 37.2 Å². The molecule has 0 bridgehead atoms. The Bertz CT molecular complexity index is 614. The van der Waals surface area contributed by atoms with E-state index in [1.807, 2.05) is 36.4 Å². The zero-order chi connectivity index (χ0) is 13.8. The van der Waals surface area contributed by atoms with Crippen LogP contribution < -0.4 is 11.1 Å². The van der Waals surface area contributed by atoms with Gasteiger partial charge in [0.15, 0.2) is 0 Å². The van der Waals surface area contributed by atoms with Gasteiger partial charge in [0.2, 0.25) is 0 Å². The fourth-order valence-corrected chi connectivity index (χ4v) is 2.47. The second kappa shape index (κ2) is 6.32. The number of halogens is 2. The number of hydrogen-bond acceptors (Lipinski definition) is 2. The number of nitrogens with one attached hydrogen (secondary N) is 1. The molecular formula is C14H12Br2N2O. The molecule has 3 N–H and O–H groups in total. The van der Waals surface area contributed by atoms with E-state index in [-0.39, 0.29) is 5.91 Å². The van der Waals surface area contributed by atoms with Crippen molar-refractivity contribution in [1.29, 1.82) is 0 Å². The van der Waals surface area contributed by atoms with Crippen LogP contribution in [0, 0.1) is 0 Å². The molecule has 0 saturated carbocycles. The number of benzene rings is 2. The van der Waals surface area contributed by atoms with Gasteiger partial charge in [-0.2, -0.15) is 0 Å². The molecule has 0 aliphatic rings. The molecule has 0 heterocycles. The summed E-state index contributed by atoms with van der Waals surface area (Å²) in [4.78, 5) is 12.3. The molecule has 0 aromatic heterocycles. The molecule has 0 fully saturated rings. The van der Waals surface area contributed by atoms with Crippen molar-refractivity contribution in [3.8, 4) is 0 Å². The highest BCUT2D eigenvalue weighted by atomic mass is 79.9. The molecule has 2 aromatic carbocycles. The maximum Gasteiger partial charge on any atom is 0.256 e. The van der Waals surface area contributed by atoms with Gasteiger partial charge in [0.1, 0.15) is 0 Å². The van der Waals surface area contributed by atoms with Crippen molar-refractivity contribution in [2.45, 2.75) is 6.54 Å². The molecule has 2 aromatic rings. The van der Waals surface area contributed by atoms with Gasteiger partial charge in [0, 0.05) is 21.2 Å². The molecule has 0 saturated heterocycles. The zero-order valence-corrected chi connectivity index (χ0v) is 13.2. The van der Waals surface area contributed by atoms with Crippen LogP contribution in [0.5, 0.6) is 0 Å². The van der Waals surface area contributed by atoms with Crippen molar-refractivity contribution in [2.24, 2.45) is 5.73 Å². The van der Waals surface area contributed by atoms with Crippen LogP contribution in [0.4, 0.5) is 5.69 Å². The van der Waals surface area contributed by atoms with Gasteiger partial charge in [-0.1, -0.05) is 34.1 Å². The summed E-state index contributed by atoms with van der Waals surface area (Å²) in [5.74, 6) is -0.172. The monoisotopic (exact) mass is 382 g/mol. The lowest BCUT2D eigenvalue weighted by Crippen LogP contribution is -2.14. The maximum atomic E-state index is 12.3. The lowest BCUT2D eigenvalue weighted by atomic mass is 10.1. The minimum absolute atomic E-state index is 0.172. The van der Waals surface area contributed by atoms with E-state index in [1.165, 1.54) is 0 Å². The van der Waals surface area contributed by atoms with E-state index in [4.69, 9.17) is 5.73 Å². The first kappa shape index (κ1) is 14.2. The van der Waals surface area contributed by atoms with E-state index in [0.717, 1.165) is 20.2 Å². The van der Waals surface area contributed by atoms with Crippen molar-refractivity contribution in [1.82, 2.24) is 0 Å². The van der Waals surface area contributed by atoms with Crippen molar-refractivity contribution >= 4 is 43.5 Å². The Morgan fingerprint density at radius 2 is 1.89 bits per heavy atom. The molecule has 0 unspecified atom stereocenters. The summed E-state index contributed by atoms with van der Waals surface area (Å²) in [6.07, 6.45) is 0. The Morgan fingerprint density at radius 1 is 1.16 bits per heavy atom. The Kier molecular flexibility index (Phi) is 4.74. The molecule has 0 aliphatic heterocycles. The Labute approximate surface area is 128 Å². The van der Waals surface area contributed by atoms with Gasteiger partial charge in [-0.3, -0.25) is 4.79 Å². The number of rotatable bonds is 3. The second-order valence-corrected chi connectivity index (χ2v) is 5.71. The lowest BCUT2D eigenvalue weighted by Gasteiger charge is -2.10. The van der Waals surface area contributed by atoms with Crippen LogP contribution in [0.25, 0.3) is 0 Å². The average Bonchev–Trinajstić information content (AvgIpc) is 2.42. The largest absolute Gasteiger partial charge is 0.326 e.